The molecule has 0 saturated heterocycles. The van der Waals surface area contributed by atoms with Crippen molar-refractivity contribution in [1.82, 2.24) is 0 Å². The van der Waals surface area contributed by atoms with E-state index in [-0.39, 0.29) is 16.3 Å². The molecule has 20 heavy (non-hydrogen) atoms. The van der Waals surface area contributed by atoms with Crippen molar-refractivity contribution in [2.45, 2.75) is 43.6 Å². The molecule has 0 radical (unpaired) electrons. The standard InChI is InChI=1S/C16H25NO3/c1-17(2,20)12-15(13-6-8-14(18)9-7-13)16(19)10-4-3-5-11-16/h6-9,15,19-20H,3-5,10-12H2,1-2H3/t15-/m1/s1. The van der Waals surface area contributed by atoms with E-state index in [1.54, 1.807) is 26.2 Å². The van der Waals surface area contributed by atoms with Gasteiger partial charge in [0.15, 0.2) is 0 Å². The average molecular weight is 279 g/mol. The summed E-state index contributed by atoms with van der Waals surface area (Å²) in [5.74, 6) is -0.177. The number of benzene rings is 1. The predicted octanol–water partition coefficient (Wildman–Crippen LogP) is 2.00. The van der Waals surface area contributed by atoms with E-state index in [4.69, 9.17) is 0 Å². The van der Waals surface area contributed by atoms with Gasteiger partial charge in [-0.05, 0) is 18.4 Å². The lowest BCUT2D eigenvalue weighted by Crippen LogP contribution is -2.48. The van der Waals surface area contributed by atoms with Gasteiger partial charge in [-0.15, -0.1) is 5.75 Å². The van der Waals surface area contributed by atoms with Gasteiger partial charge in [0.1, 0.15) is 6.54 Å². The number of hydroxylamine groups is 3. The third kappa shape index (κ3) is 3.72. The quantitative estimate of drug-likeness (QED) is 0.654. The molecule has 4 nitrogen and oxygen atoms in total. The van der Waals surface area contributed by atoms with Gasteiger partial charge in [0.2, 0.25) is 0 Å². The highest BCUT2D eigenvalue weighted by molar-refractivity contribution is 5.29. The Labute approximate surface area is 120 Å². The Bertz CT molecular complexity index is 430. The van der Waals surface area contributed by atoms with Crippen molar-refractivity contribution in [3.05, 3.63) is 29.8 Å². The van der Waals surface area contributed by atoms with Crippen LogP contribution >= 0.6 is 0 Å². The van der Waals surface area contributed by atoms with Crippen LogP contribution in [0.4, 0.5) is 0 Å². The molecular formula is C16H25NO3. The average Bonchev–Trinajstić information content (AvgIpc) is 2.37. The molecule has 0 unspecified atom stereocenters. The summed E-state index contributed by atoms with van der Waals surface area (Å²) >= 11 is 0. The van der Waals surface area contributed by atoms with Crippen molar-refractivity contribution in [3.8, 4) is 5.75 Å². The minimum Gasteiger partial charge on any atom is -0.872 e. The van der Waals surface area contributed by atoms with E-state index in [1.807, 2.05) is 0 Å². The molecule has 1 aliphatic carbocycles. The Morgan fingerprint density at radius 3 is 2.20 bits per heavy atom. The number of nitrogens with zero attached hydrogens (tertiary/aromatic N) is 1. The Morgan fingerprint density at radius 1 is 1.15 bits per heavy atom. The first-order chi connectivity index (χ1) is 9.30. The highest BCUT2D eigenvalue weighted by Gasteiger charge is 2.42. The van der Waals surface area contributed by atoms with Crippen LogP contribution in [-0.2, 0) is 0 Å². The van der Waals surface area contributed by atoms with Gasteiger partial charge in [0, 0.05) is 0 Å². The molecule has 0 aromatic heterocycles. The van der Waals surface area contributed by atoms with Gasteiger partial charge in [-0.3, -0.25) is 0 Å². The fourth-order valence-corrected chi connectivity index (χ4v) is 3.24. The van der Waals surface area contributed by atoms with Crippen LogP contribution < -0.4 is 5.11 Å². The lowest BCUT2D eigenvalue weighted by molar-refractivity contribution is -1.07. The second kappa shape index (κ2) is 5.72. The summed E-state index contributed by atoms with van der Waals surface area (Å²) < 4.78 is -0.188. The number of aliphatic hydroxyl groups is 1. The fraction of sp³-hybridized carbons (Fsp3) is 0.625. The zero-order valence-electron chi connectivity index (χ0n) is 12.4. The molecule has 1 aromatic carbocycles. The summed E-state index contributed by atoms with van der Waals surface area (Å²) in [5, 5.41) is 32.4. The maximum absolute atomic E-state index is 11.3. The summed E-state index contributed by atoms with van der Waals surface area (Å²) in [6, 6.07) is 6.64. The maximum atomic E-state index is 11.3. The van der Waals surface area contributed by atoms with E-state index in [2.05, 4.69) is 0 Å². The van der Waals surface area contributed by atoms with Crippen molar-refractivity contribution in [3.63, 3.8) is 0 Å². The van der Waals surface area contributed by atoms with Gasteiger partial charge < -0.3 is 10.2 Å². The summed E-state index contributed by atoms with van der Waals surface area (Å²) in [6.45, 7) is 0.439. The molecule has 2 rings (SSSR count). The Balaban J connectivity index is 2.31. The van der Waals surface area contributed by atoms with Crippen molar-refractivity contribution in [2.75, 3.05) is 20.6 Å². The monoisotopic (exact) mass is 279 g/mol. The number of likely N-dealkylation sites (N-methyl/N-ethyl adjacent to an activating group) is 1. The molecular weight excluding hydrogens is 254 g/mol. The third-order valence-electron chi connectivity index (χ3n) is 4.28. The first-order valence-electron chi connectivity index (χ1n) is 7.35. The molecule has 112 valence electrons. The van der Waals surface area contributed by atoms with Crippen molar-refractivity contribution in [1.29, 1.82) is 0 Å². The topological polar surface area (TPSA) is 63.5 Å². The van der Waals surface area contributed by atoms with Crippen molar-refractivity contribution < 1.29 is 20.1 Å². The molecule has 1 aromatic rings. The highest BCUT2D eigenvalue weighted by atomic mass is 16.5. The SMILES string of the molecule is C[N+](C)(O)C[C@H](c1ccc([O-])cc1)C1(O)CCCCC1. The lowest BCUT2D eigenvalue weighted by atomic mass is 9.72. The van der Waals surface area contributed by atoms with Crippen LogP contribution in [0.5, 0.6) is 5.75 Å². The summed E-state index contributed by atoms with van der Waals surface area (Å²) in [5.41, 5.74) is 0.162. The number of quaternary nitrogens is 1. The smallest absolute Gasteiger partial charge is 0.118 e. The van der Waals surface area contributed by atoms with E-state index in [9.17, 15) is 15.4 Å². The van der Waals surface area contributed by atoms with Crippen LogP contribution in [0.15, 0.2) is 24.3 Å². The van der Waals surface area contributed by atoms with Gasteiger partial charge in [-0.2, -0.15) is 4.65 Å². The summed E-state index contributed by atoms with van der Waals surface area (Å²) in [6.07, 6.45) is 4.72. The largest absolute Gasteiger partial charge is 0.872 e. The van der Waals surface area contributed by atoms with Crippen LogP contribution in [-0.4, -0.2) is 41.2 Å². The minimum atomic E-state index is -0.777. The molecule has 0 heterocycles. The molecule has 1 aliphatic rings. The highest BCUT2D eigenvalue weighted by Crippen LogP contribution is 2.41. The van der Waals surface area contributed by atoms with E-state index in [1.165, 1.54) is 12.1 Å². The number of rotatable bonds is 4. The molecule has 0 bridgehead atoms. The normalized spacial score (nSPS) is 20.6. The van der Waals surface area contributed by atoms with Gasteiger partial charge in [-0.1, -0.05) is 43.5 Å². The van der Waals surface area contributed by atoms with Crippen molar-refractivity contribution >= 4 is 0 Å². The maximum Gasteiger partial charge on any atom is 0.118 e. The lowest BCUT2D eigenvalue weighted by Gasteiger charge is -2.41. The number of hydrogen-bond acceptors (Lipinski definition) is 3. The first-order valence-corrected chi connectivity index (χ1v) is 7.35. The molecule has 1 saturated carbocycles. The Hall–Kier alpha value is -1.10. The fourth-order valence-electron chi connectivity index (χ4n) is 3.24. The minimum absolute atomic E-state index is 0.0270. The van der Waals surface area contributed by atoms with Gasteiger partial charge in [-0.25, -0.2) is 5.21 Å². The van der Waals surface area contributed by atoms with E-state index < -0.39 is 5.60 Å². The van der Waals surface area contributed by atoms with E-state index in [0.29, 0.717) is 6.54 Å². The van der Waals surface area contributed by atoms with Crippen LogP contribution in [0.1, 0.15) is 43.6 Å². The Kier molecular flexibility index (Phi) is 4.37. The molecule has 2 N–H and O–H groups in total. The molecule has 0 spiro atoms. The van der Waals surface area contributed by atoms with Crippen LogP contribution in [0.2, 0.25) is 0 Å². The van der Waals surface area contributed by atoms with Gasteiger partial charge in [0.25, 0.3) is 0 Å². The second-order valence-electron chi connectivity index (χ2n) is 6.59. The second-order valence-corrected chi connectivity index (χ2v) is 6.59. The number of hydrogen-bond donors (Lipinski definition) is 2. The first kappa shape index (κ1) is 15.3. The molecule has 4 heteroatoms. The predicted molar refractivity (Wildman–Crippen MR) is 75.4 cm³/mol. The van der Waals surface area contributed by atoms with Gasteiger partial charge in [0.05, 0.1) is 25.6 Å². The van der Waals surface area contributed by atoms with Crippen molar-refractivity contribution in [2.24, 2.45) is 0 Å². The zero-order chi connectivity index (χ0) is 14.8. The molecule has 1 fully saturated rings. The Morgan fingerprint density at radius 2 is 1.70 bits per heavy atom. The van der Waals surface area contributed by atoms with Crippen LogP contribution in [0.25, 0.3) is 0 Å². The third-order valence-corrected chi connectivity index (χ3v) is 4.28. The van der Waals surface area contributed by atoms with E-state index in [0.717, 1.165) is 37.7 Å². The van der Waals surface area contributed by atoms with Gasteiger partial charge >= 0.3 is 0 Å². The molecule has 0 amide bonds. The molecule has 1 atom stereocenters. The zero-order valence-corrected chi connectivity index (χ0v) is 12.4. The van der Waals surface area contributed by atoms with Crippen LogP contribution in [0.3, 0.4) is 0 Å². The van der Waals surface area contributed by atoms with Crippen LogP contribution in [0, 0.1) is 0 Å². The summed E-state index contributed by atoms with van der Waals surface area (Å²) in [4.78, 5) is 0. The summed E-state index contributed by atoms with van der Waals surface area (Å²) in [7, 11) is 3.42. The molecule has 0 aliphatic heterocycles. The van der Waals surface area contributed by atoms with E-state index >= 15 is 0 Å².